The van der Waals surface area contributed by atoms with Gasteiger partial charge in [0.2, 0.25) is 11.8 Å². The van der Waals surface area contributed by atoms with Gasteiger partial charge in [0, 0.05) is 29.4 Å². The number of amides is 2. The SMILES string of the molecule is COC(=O)c1c(CC(=O)N2CSC[C@H]2C(=O)Nc2ncc(C)s2)[nH]c(C(C)=O)c1C. The van der Waals surface area contributed by atoms with E-state index in [0.717, 1.165) is 4.88 Å². The van der Waals surface area contributed by atoms with Crippen LogP contribution in [-0.2, 0) is 20.7 Å². The Hall–Kier alpha value is -2.66. The number of H-pyrrole nitrogens is 1. The van der Waals surface area contributed by atoms with E-state index < -0.39 is 12.0 Å². The van der Waals surface area contributed by atoms with Crippen LogP contribution in [0.4, 0.5) is 5.13 Å². The number of nitrogens with one attached hydrogen (secondary N) is 2. The summed E-state index contributed by atoms with van der Waals surface area (Å²) in [6.45, 7) is 4.90. The predicted octanol–water partition coefficient (Wildman–Crippen LogP) is 2.16. The molecule has 9 nitrogen and oxygen atoms in total. The quantitative estimate of drug-likeness (QED) is 0.511. The second-order valence-electron chi connectivity index (χ2n) is 6.85. The minimum absolute atomic E-state index is 0.154. The number of rotatable bonds is 6. The maximum Gasteiger partial charge on any atom is 0.339 e. The van der Waals surface area contributed by atoms with Crippen molar-refractivity contribution < 1.29 is 23.9 Å². The van der Waals surface area contributed by atoms with Crippen LogP contribution in [0.5, 0.6) is 0 Å². The fourth-order valence-corrected chi connectivity index (χ4v) is 5.13. The molecule has 2 aromatic heterocycles. The second kappa shape index (κ2) is 9.00. The molecule has 1 atom stereocenters. The minimum atomic E-state index is -0.642. The second-order valence-corrected chi connectivity index (χ2v) is 9.08. The lowest BCUT2D eigenvalue weighted by molar-refractivity contribution is -0.135. The molecule has 1 aliphatic heterocycles. The highest BCUT2D eigenvalue weighted by Gasteiger charge is 2.36. The van der Waals surface area contributed by atoms with E-state index in [2.05, 4.69) is 15.3 Å². The number of aromatic amines is 1. The maximum atomic E-state index is 13.0. The van der Waals surface area contributed by atoms with Crippen molar-refractivity contribution in [2.75, 3.05) is 24.1 Å². The van der Waals surface area contributed by atoms with Gasteiger partial charge in [-0.3, -0.25) is 14.4 Å². The fourth-order valence-electron chi connectivity index (χ4n) is 3.28. The number of thiazole rings is 1. The summed E-state index contributed by atoms with van der Waals surface area (Å²) in [7, 11) is 1.24. The summed E-state index contributed by atoms with van der Waals surface area (Å²) in [5.41, 5.74) is 1.20. The topological polar surface area (TPSA) is 121 Å². The minimum Gasteiger partial charge on any atom is -0.465 e. The van der Waals surface area contributed by atoms with Gasteiger partial charge >= 0.3 is 5.97 Å². The molecule has 0 spiro atoms. The molecule has 0 aromatic carbocycles. The number of carbonyl (C=O) groups excluding carboxylic acids is 4. The Morgan fingerprint density at radius 2 is 2.07 bits per heavy atom. The van der Waals surface area contributed by atoms with Crippen LogP contribution in [-0.4, -0.2) is 63.2 Å². The van der Waals surface area contributed by atoms with Gasteiger partial charge in [-0.2, -0.15) is 0 Å². The smallest absolute Gasteiger partial charge is 0.339 e. The van der Waals surface area contributed by atoms with E-state index in [4.69, 9.17) is 4.74 Å². The molecule has 0 saturated carbocycles. The molecule has 2 aromatic rings. The number of methoxy groups -OCH3 is 1. The van der Waals surface area contributed by atoms with Crippen molar-refractivity contribution in [3.05, 3.63) is 33.6 Å². The third-order valence-corrected chi connectivity index (χ3v) is 6.59. The van der Waals surface area contributed by atoms with Crippen LogP contribution in [0, 0.1) is 13.8 Å². The number of esters is 1. The molecule has 1 aliphatic rings. The Balaban J connectivity index is 1.79. The molecule has 1 fully saturated rings. The monoisotopic (exact) mass is 450 g/mol. The molecular weight excluding hydrogens is 428 g/mol. The summed E-state index contributed by atoms with van der Waals surface area (Å²) in [4.78, 5) is 59.2. The highest BCUT2D eigenvalue weighted by Crippen LogP contribution is 2.26. The van der Waals surface area contributed by atoms with Crippen LogP contribution in [0.25, 0.3) is 0 Å². The van der Waals surface area contributed by atoms with Gasteiger partial charge in [-0.15, -0.1) is 23.1 Å². The molecule has 0 unspecified atom stereocenters. The molecule has 160 valence electrons. The standard InChI is InChI=1S/C19H22N4O5S2/c1-9-6-20-19(30-9)22-17(26)13-7-29-8-23(13)14(25)5-12-15(18(27)28-4)10(2)16(21-12)11(3)24/h6,13,21H,5,7-8H2,1-4H3,(H,20,22,26)/t13-/m0/s1. The van der Waals surface area contributed by atoms with E-state index in [1.165, 1.54) is 42.0 Å². The first-order valence-electron chi connectivity index (χ1n) is 9.14. The van der Waals surface area contributed by atoms with Crippen molar-refractivity contribution in [3.8, 4) is 0 Å². The van der Waals surface area contributed by atoms with Crippen LogP contribution < -0.4 is 5.32 Å². The lowest BCUT2D eigenvalue weighted by Gasteiger charge is -2.22. The Kier molecular flexibility index (Phi) is 6.61. The molecule has 2 amide bonds. The van der Waals surface area contributed by atoms with Crippen molar-refractivity contribution in [2.24, 2.45) is 0 Å². The first kappa shape index (κ1) is 22.0. The molecule has 3 rings (SSSR count). The number of thioether (sulfide) groups is 1. The van der Waals surface area contributed by atoms with Crippen molar-refractivity contribution in [1.29, 1.82) is 0 Å². The van der Waals surface area contributed by atoms with E-state index in [9.17, 15) is 19.2 Å². The molecule has 11 heteroatoms. The number of Topliss-reactive ketones (excluding diaryl/α,β-unsaturated/α-hetero) is 1. The van der Waals surface area contributed by atoms with Crippen molar-refractivity contribution >= 4 is 51.8 Å². The van der Waals surface area contributed by atoms with Gasteiger partial charge in [-0.25, -0.2) is 9.78 Å². The number of hydrogen-bond donors (Lipinski definition) is 2. The van der Waals surface area contributed by atoms with Crippen molar-refractivity contribution in [1.82, 2.24) is 14.9 Å². The zero-order valence-corrected chi connectivity index (χ0v) is 18.7. The van der Waals surface area contributed by atoms with E-state index in [0.29, 0.717) is 28.0 Å². The van der Waals surface area contributed by atoms with E-state index in [-0.39, 0.29) is 35.3 Å². The third-order valence-electron chi connectivity index (χ3n) is 4.75. The zero-order valence-electron chi connectivity index (χ0n) is 17.0. The van der Waals surface area contributed by atoms with Crippen LogP contribution in [0.1, 0.15) is 43.9 Å². The summed E-state index contributed by atoms with van der Waals surface area (Å²) >= 11 is 2.83. The average molecular weight is 451 g/mol. The molecule has 3 heterocycles. The number of aryl methyl sites for hydroxylation is 1. The number of ether oxygens (including phenoxy) is 1. The maximum absolute atomic E-state index is 13.0. The van der Waals surface area contributed by atoms with E-state index >= 15 is 0 Å². The number of anilines is 1. The Morgan fingerprint density at radius 1 is 1.33 bits per heavy atom. The molecule has 1 saturated heterocycles. The highest BCUT2D eigenvalue weighted by atomic mass is 32.2. The molecular formula is C19H22N4O5S2. The van der Waals surface area contributed by atoms with Gasteiger partial charge in [-0.1, -0.05) is 0 Å². The molecule has 30 heavy (non-hydrogen) atoms. The zero-order chi connectivity index (χ0) is 22.0. The van der Waals surface area contributed by atoms with Crippen molar-refractivity contribution in [2.45, 2.75) is 33.2 Å². The number of nitrogens with zero attached hydrogens (tertiary/aromatic N) is 2. The number of hydrogen-bond acceptors (Lipinski definition) is 8. The Morgan fingerprint density at radius 3 is 2.67 bits per heavy atom. The first-order chi connectivity index (χ1) is 14.2. The van der Waals surface area contributed by atoms with Gasteiger partial charge in [0.15, 0.2) is 10.9 Å². The highest BCUT2D eigenvalue weighted by molar-refractivity contribution is 7.99. The normalized spacial score (nSPS) is 15.9. The Labute approximate surface area is 181 Å². The lowest BCUT2D eigenvalue weighted by Crippen LogP contribution is -2.45. The van der Waals surface area contributed by atoms with Crippen LogP contribution in [0.3, 0.4) is 0 Å². The predicted molar refractivity (Wildman–Crippen MR) is 114 cm³/mol. The molecule has 0 radical (unpaired) electrons. The average Bonchev–Trinajstić information content (AvgIpc) is 3.40. The number of aromatic nitrogens is 2. The van der Waals surface area contributed by atoms with Gasteiger partial charge in [0.25, 0.3) is 0 Å². The Bertz CT molecular complexity index is 1010. The summed E-state index contributed by atoms with van der Waals surface area (Å²) in [5, 5.41) is 3.24. The summed E-state index contributed by atoms with van der Waals surface area (Å²) in [6.07, 6.45) is 1.51. The van der Waals surface area contributed by atoms with Crippen LogP contribution in [0.2, 0.25) is 0 Å². The summed E-state index contributed by atoms with van der Waals surface area (Å²) in [6, 6.07) is -0.642. The van der Waals surface area contributed by atoms with Crippen LogP contribution >= 0.6 is 23.1 Å². The molecule has 0 aliphatic carbocycles. The third kappa shape index (κ3) is 4.41. The summed E-state index contributed by atoms with van der Waals surface area (Å²) < 4.78 is 4.82. The number of carbonyl (C=O) groups is 4. The lowest BCUT2D eigenvalue weighted by atomic mass is 10.1. The van der Waals surface area contributed by atoms with Crippen LogP contribution in [0.15, 0.2) is 6.20 Å². The van der Waals surface area contributed by atoms with Gasteiger partial charge in [0.1, 0.15) is 6.04 Å². The first-order valence-corrected chi connectivity index (χ1v) is 11.1. The van der Waals surface area contributed by atoms with E-state index in [1.807, 2.05) is 6.92 Å². The van der Waals surface area contributed by atoms with Gasteiger partial charge in [-0.05, 0) is 19.4 Å². The summed E-state index contributed by atoms with van der Waals surface area (Å²) in [5.74, 6) is -0.665. The molecule has 2 N–H and O–H groups in total. The number of ketones is 1. The fraction of sp³-hybridized carbons (Fsp3) is 0.421. The largest absolute Gasteiger partial charge is 0.465 e. The van der Waals surface area contributed by atoms with Crippen molar-refractivity contribution in [3.63, 3.8) is 0 Å². The van der Waals surface area contributed by atoms with E-state index in [1.54, 1.807) is 13.1 Å². The van der Waals surface area contributed by atoms with Gasteiger partial charge < -0.3 is 19.9 Å². The van der Waals surface area contributed by atoms with Gasteiger partial charge in [0.05, 0.1) is 30.7 Å². The molecule has 0 bridgehead atoms.